The van der Waals surface area contributed by atoms with E-state index < -0.39 is 0 Å². The van der Waals surface area contributed by atoms with E-state index in [1.807, 2.05) is 0 Å². The Morgan fingerprint density at radius 2 is 2.10 bits per heavy atom. The summed E-state index contributed by atoms with van der Waals surface area (Å²) in [6.45, 7) is 3.00. The van der Waals surface area contributed by atoms with Crippen LogP contribution in [-0.2, 0) is 0 Å². The normalized spacial score (nSPS) is 21.0. The highest BCUT2D eigenvalue weighted by molar-refractivity contribution is 7.18. The van der Waals surface area contributed by atoms with Crippen LogP contribution >= 0.6 is 11.3 Å². The van der Waals surface area contributed by atoms with Gasteiger partial charge in [-0.15, -0.1) is 0 Å². The zero-order valence-corrected chi connectivity index (χ0v) is 13.4. The molecular weight excluding hydrogens is 284 g/mol. The molecule has 2 aliphatic rings. The molecule has 3 rings (SSSR count). The molecule has 1 aromatic rings. The second-order valence-electron chi connectivity index (χ2n) is 6.71. The number of carbonyl (C=O) groups is 1. The van der Waals surface area contributed by atoms with Gasteiger partial charge in [-0.1, -0.05) is 37.5 Å². The van der Waals surface area contributed by atoms with E-state index in [1.54, 1.807) is 0 Å². The lowest BCUT2D eigenvalue weighted by Crippen LogP contribution is -2.36. The van der Waals surface area contributed by atoms with Crippen molar-refractivity contribution in [2.75, 3.05) is 17.6 Å². The van der Waals surface area contributed by atoms with E-state index in [0.29, 0.717) is 16.7 Å². The lowest BCUT2D eigenvalue weighted by Gasteiger charge is -2.33. The van der Waals surface area contributed by atoms with Crippen molar-refractivity contribution >= 4 is 28.2 Å². The van der Waals surface area contributed by atoms with Crippen LogP contribution in [0.1, 0.15) is 61.5 Å². The van der Waals surface area contributed by atoms with Crippen molar-refractivity contribution in [2.45, 2.75) is 57.9 Å². The summed E-state index contributed by atoms with van der Waals surface area (Å²) >= 11 is 1.36. The standard InChI is InChI=1S/C15H24N4OS/c1-15(7-3-2-4-8-15)9-17-13(20)11-12(16)19-14(21-11)18-10-5-6-10/h10H,2-9,16H2,1H3,(H,17,20)(H,18,19). The van der Waals surface area contributed by atoms with Crippen molar-refractivity contribution in [1.82, 2.24) is 10.3 Å². The summed E-state index contributed by atoms with van der Waals surface area (Å²) in [6.07, 6.45) is 8.61. The number of rotatable bonds is 5. The topological polar surface area (TPSA) is 80.0 Å². The maximum atomic E-state index is 12.3. The van der Waals surface area contributed by atoms with E-state index in [-0.39, 0.29) is 11.3 Å². The third kappa shape index (κ3) is 3.67. The van der Waals surface area contributed by atoms with E-state index >= 15 is 0 Å². The average molecular weight is 308 g/mol. The van der Waals surface area contributed by atoms with Gasteiger partial charge in [0.05, 0.1) is 0 Å². The monoisotopic (exact) mass is 308 g/mol. The molecule has 0 bridgehead atoms. The molecule has 2 saturated carbocycles. The molecule has 0 atom stereocenters. The minimum absolute atomic E-state index is 0.0827. The Morgan fingerprint density at radius 1 is 1.38 bits per heavy atom. The number of hydrogen-bond acceptors (Lipinski definition) is 5. The van der Waals surface area contributed by atoms with Crippen molar-refractivity contribution in [3.63, 3.8) is 0 Å². The van der Waals surface area contributed by atoms with Gasteiger partial charge in [0.15, 0.2) is 5.13 Å². The van der Waals surface area contributed by atoms with E-state index in [4.69, 9.17) is 5.73 Å². The Morgan fingerprint density at radius 3 is 2.76 bits per heavy atom. The molecule has 5 nitrogen and oxygen atoms in total. The molecule has 0 aliphatic heterocycles. The van der Waals surface area contributed by atoms with E-state index in [1.165, 1.54) is 56.3 Å². The predicted molar refractivity (Wildman–Crippen MR) is 86.7 cm³/mol. The number of nitrogen functional groups attached to an aromatic ring is 1. The number of thiazole rings is 1. The molecule has 6 heteroatoms. The van der Waals surface area contributed by atoms with Crippen molar-refractivity contribution in [1.29, 1.82) is 0 Å². The van der Waals surface area contributed by atoms with E-state index in [0.717, 1.165) is 11.7 Å². The second kappa shape index (κ2) is 5.83. The smallest absolute Gasteiger partial charge is 0.265 e. The minimum Gasteiger partial charge on any atom is -0.382 e. The number of nitrogens with two attached hydrogens (primary N) is 1. The highest BCUT2D eigenvalue weighted by atomic mass is 32.1. The number of nitrogens with one attached hydrogen (secondary N) is 2. The van der Waals surface area contributed by atoms with Crippen LogP contribution in [0.3, 0.4) is 0 Å². The van der Waals surface area contributed by atoms with Crippen molar-refractivity contribution in [2.24, 2.45) is 5.41 Å². The lowest BCUT2D eigenvalue weighted by atomic mass is 9.76. The number of anilines is 2. The summed E-state index contributed by atoms with van der Waals surface area (Å²) < 4.78 is 0. The number of aromatic nitrogens is 1. The summed E-state index contributed by atoms with van der Waals surface area (Å²) in [4.78, 5) is 17.1. The Bertz CT molecular complexity index is 518. The van der Waals surface area contributed by atoms with Gasteiger partial charge in [0.2, 0.25) is 0 Å². The van der Waals surface area contributed by atoms with Crippen LogP contribution in [0, 0.1) is 5.41 Å². The van der Waals surface area contributed by atoms with Crippen LogP contribution in [0.2, 0.25) is 0 Å². The molecule has 2 aliphatic carbocycles. The third-order valence-electron chi connectivity index (χ3n) is 4.50. The molecule has 2 fully saturated rings. The number of amides is 1. The van der Waals surface area contributed by atoms with E-state index in [9.17, 15) is 4.79 Å². The second-order valence-corrected chi connectivity index (χ2v) is 7.71. The molecule has 0 aromatic carbocycles. The molecule has 0 unspecified atom stereocenters. The maximum absolute atomic E-state index is 12.3. The average Bonchev–Trinajstić information content (AvgIpc) is 3.19. The van der Waals surface area contributed by atoms with Crippen LogP contribution in [0.15, 0.2) is 0 Å². The predicted octanol–water partition coefficient (Wildman–Crippen LogP) is 3.00. The number of nitrogens with zero attached hydrogens (tertiary/aromatic N) is 1. The van der Waals surface area contributed by atoms with Gasteiger partial charge in [-0.05, 0) is 31.1 Å². The summed E-state index contributed by atoms with van der Waals surface area (Å²) in [5, 5.41) is 7.12. The van der Waals surface area contributed by atoms with Gasteiger partial charge in [0, 0.05) is 12.6 Å². The largest absolute Gasteiger partial charge is 0.382 e. The molecule has 116 valence electrons. The van der Waals surface area contributed by atoms with Gasteiger partial charge < -0.3 is 16.4 Å². The molecule has 0 radical (unpaired) electrons. The van der Waals surface area contributed by atoms with Crippen LogP contribution < -0.4 is 16.4 Å². The Hall–Kier alpha value is -1.30. The number of carbonyl (C=O) groups excluding carboxylic acids is 1. The van der Waals surface area contributed by atoms with Crippen molar-refractivity contribution < 1.29 is 4.79 Å². The first-order chi connectivity index (χ1) is 10.1. The molecule has 21 heavy (non-hydrogen) atoms. The van der Waals surface area contributed by atoms with Gasteiger partial charge in [0.25, 0.3) is 5.91 Å². The Labute approximate surface area is 129 Å². The van der Waals surface area contributed by atoms with E-state index in [2.05, 4.69) is 22.5 Å². The summed E-state index contributed by atoms with van der Waals surface area (Å²) in [5.41, 5.74) is 6.12. The van der Waals surface area contributed by atoms with Gasteiger partial charge in [-0.25, -0.2) is 4.98 Å². The molecule has 1 amide bonds. The molecule has 0 saturated heterocycles. The number of hydrogen-bond donors (Lipinski definition) is 3. The van der Waals surface area contributed by atoms with Crippen LogP contribution in [0.4, 0.5) is 10.9 Å². The van der Waals surface area contributed by atoms with Crippen LogP contribution in [0.25, 0.3) is 0 Å². The van der Waals surface area contributed by atoms with Gasteiger partial charge in [-0.2, -0.15) is 0 Å². The minimum atomic E-state index is -0.0827. The quantitative estimate of drug-likeness (QED) is 0.781. The van der Waals surface area contributed by atoms with Crippen LogP contribution in [0.5, 0.6) is 0 Å². The molecule has 1 heterocycles. The van der Waals surface area contributed by atoms with Gasteiger partial charge in [0.1, 0.15) is 10.7 Å². The fourth-order valence-corrected chi connectivity index (χ4v) is 3.79. The molecule has 1 aromatic heterocycles. The summed E-state index contributed by atoms with van der Waals surface area (Å²) in [5.74, 6) is 0.259. The third-order valence-corrected chi connectivity index (χ3v) is 5.50. The molecule has 0 spiro atoms. The van der Waals surface area contributed by atoms with Gasteiger partial charge in [-0.3, -0.25) is 4.79 Å². The van der Waals surface area contributed by atoms with Gasteiger partial charge >= 0.3 is 0 Å². The SMILES string of the molecule is CC1(CNC(=O)c2sc(NC3CC3)nc2N)CCCCC1. The van der Waals surface area contributed by atoms with Crippen molar-refractivity contribution in [3.8, 4) is 0 Å². The van der Waals surface area contributed by atoms with Crippen molar-refractivity contribution in [3.05, 3.63) is 4.88 Å². The summed E-state index contributed by atoms with van der Waals surface area (Å²) in [7, 11) is 0. The summed E-state index contributed by atoms with van der Waals surface area (Å²) in [6, 6.07) is 0.521. The molecule has 4 N–H and O–H groups in total. The highest BCUT2D eigenvalue weighted by Crippen LogP contribution is 2.35. The zero-order chi connectivity index (χ0) is 14.9. The first kappa shape index (κ1) is 14.6. The maximum Gasteiger partial charge on any atom is 0.265 e. The van der Waals surface area contributed by atoms with Crippen LogP contribution in [-0.4, -0.2) is 23.5 Å². The Balaban J connectivity index is 1.58. The molecular formula is C15H24N4OS. The first-order valence-electron chi connectivity index (χ1n) is 7.87. The zero-order valence-electron chi connectivity index (χ0n) is 12.6. The first-order valence-corrected chi connectivity index (χ1v) is 8.68. The fraction of sp³-hybridized carbons (Fsp3) is 0.733. The fourth-order valence-electron chi connectivity index (χ4n) is 2.91. The Kier molecular flexibility index (Phi) is 4.06. The highest BCUT2D eigenvalue weighted by Gasteiger charge is 2.28. The lowest BCUT2D eigenvalue weighted by molar-refractivity contribution is 0.0924.